The first-order valence-electron chi connectivity index (χ1n) is 8.18. The van der Waals surface area contributed by atoms with Gasteiger partial charge in [0, 0.05) is 18.7 Å². The van der Waals surface area contributed by atoms with Crippen molar-refractivity contribution in [3.05, 3.63) is 35.4 Å². The topological polar surface area (TPSA) is 40.6 Å². The van der Waals surface area contributed by atoms with Gasteiger partial charge in [0.25, 0.3) is 0 Å². The maximum Gasteiger partial charge on any atom is 0.247 e. The van der Waals surface area contributed by atoms with Crippen LogP contribution in [0.2, 0.25) is 0 Å². The zero-order valence-electron chi connectivity index (χ0n) is 14.1. The van der Waals surface area contributed by atoms with Gasteiger partial charge in [-0.2, -0.15) is 0 Å². The van der Waals surface area contributed by atoms with E-state index >= 15 is 0 Å². The summed E-state index contributed by atoms with van der Waals surface area (Å²) >= 11 is 1.71. The average molecular weight is 342 g/mol. The predicted molar refractivity (Wildman–Crippen MR) is 96.2 cm³/mol. The highest BCUT2D eigenvalue weighted by Crippen LogP contribution is 2.47. The minimum Gasteiger partial charge on any atom is -0.325 e. The van der Waals surface area contributed by atoms with Crippen LogP contribution in [-0.2, 0) is 16.1 Å². The lowest BCUT2D eigenvalue weighted by Crippen LogP contribution is -2.51. The summed E-state index contributed by atoms with van der Waals surface area (Å²) in [4.78, 5) is 28.6. The number of fused-ring (bicyclic) bond motifs is 1. The molecular formula is C19H22N2O2S. The molecule has 0 bridgehead atoms. The number of carbonyl (C=O) groups excluding carboxylic acids is 2. The Morgan fingerprint density at radius 3 is 2.83 bits per heavy atom. The smallest absolute Gasteiger partial charge is 0.247 e. The van der Waals surface area contributed by atoms with Gasteiger partial charge in [0.1, 0.15) is 6.04 Å². The molecule has 2 amide bonds. The number of nitrogens with zero attached hydrogens (tertiary/aromatic N) is 2. The molecule has 0 unspecified atom stereocenters. The second-order valence-electron chi connectivity index (χ2n) is 6.65. The van der Waals surface area contributed by atoms with E-state index in [9.17, 15) is 9.59 Å². The predicted octanol–water partition coefficient (Wildman–Crippen LogP) is 2.41. The van der Waals surface area contributed by atoms with Crippen LogP contribution in [0.3, 0.4) is 0 Å². The molecule has 5 heteroatoms. The van der Waals surface area contributed by atoms with Crippen LogP contribution in [0.25, 0.3) is 0 Å². The van der Waals surface area contributed by atoms with Gasteiger partial charge < -0.3 is 9.80 Å². The highest BCUT2D eigenvalue weighted by Gasteiger charge is 2.53. The van der Waals surface area contributed by atoms with Gasteiger partial charge in [-0.15, -0.1) is 18.2 Å². The number of benzene rings is 1. The summed E-state index contributed by atoms with van der Waals surface area (Å²) in [6.07, 6.45) is 6.82. The van der Waals surface area contributed by atoms with Gasteiger partial charge in [0.2, 0.25) is 11.8 Å². The van der Waals surface area contributed by atoms with E-state index in [0.29, 0.717) is 18.7 Å². The van der Waals surface area contributed by atoms with Crippen molar-refractivity contribution < 1.29 is 9.59 Å². The summed E-state index contributed by atoms with van der Waals surface area (Å²) in [5, 5.41) is 0. The highest BCUT2D eigenvalue weighted by atomic mass is 32.2. The molecule has 2 atom stereocenters. The summed E-state index contributed by atoms with van der Waals surface area (Å²) in [6, 6.07) is 7.69. The molecular weight excluding hydrogens is 320 g/mol. The molecule has 0 saturated carbocycles. The SMILES string of the molecule is C#CCN(Cc1ccc(C)cc1)C(=O)[C@H]1CS[C@@]2(C)CCC(=O)N12. The maximum atomic E-state index is 13.1. The Hall–Kier alpha value is -1.93. The second-order valence-corrected chi connectivity index (χ2v) is 8.15. The first-order valence-corrected chi connectivity index (χ1v) is 9.17. The van der Waals surface area contributed by atoms with Crippen molar-refractivity contribution in [3.63, 3.8) is 0 Å². The van der Waals surface area contributed by atoms with Crippen LogP contribution < -0.4 is 0 Å². The van der Waals surface area contributed by atoms with E-state index in [2.05, 4.69) is 12.8 Å². The van der Waals surface area contributed by atoms with Crippen LogP contribution in [0, 0.1) is 19.3 Å². The zero-order valence-corrected chi connectivity index (χ0v) is 14.9. The minimum absolute atomic E-state index is 0.0417. The fourth-order valence-corrected chi connectivity index (χ4v) is 4.87. The number of hydrogen-bond acceptors (Lipinski definition) is 3. The Kier molecular flexibility index (Phi) is 4.60. The van der Waals surface area contributed by atoms with Gasteiger partial charge in [-0.3, -0.25) is 9.59 Å². The lowest BCUT2D eigenvalue weighted by molar-refractivity contribution is -0.143. The molecule has 1 aromatic carbocycles. The largest absolute Gasteiger partial charge is 0.325 e. The van der Waals surface area contributed by atoms with E-state index < -0.39 is 6.04 Å². The lowest BCUT2D eigenvalue weighted by Gasteiger charge is -2.32. The van der Waals surface area contributed by atoms with Gasteiger partial charge in [-0.1, -0.05) is 35.7 Å². The summed E-state index contributed by atoms with van der Waals surface area (Å²) in [7, 11) is 0. The van der Waals surface area contributed by atoms with E-state index in [1.54, 1.807) is 21.6 Å². The van der Waals surface area contributed by atoms with E-state index in [4.69, 9.17) is 6.42 Å². The van der Waals surface area contributed by atoms with Crippen LogP contribution in [0.4, 0.5) is 0 Å². The Bertz CT molecular complexity index is 694. The van der Waals surface area contributed by atoms with Crippen molar-refractivity contribution in [2.45, 2.75) is 44.1 Å². The molecule has 0 aromatic heterocycles. The molecule has 2 aliphatic heterocycles. The molecule has 0 N–H and O–H groups in total. The van der Waals surface area contributed by atoms with Crippen molar-refractivity contribution in [2.75, 3.05) is 12.3 Å². The van der Waals surface area contributed by atoms with Crippen molar-refractivity contribution in [2.24, 2.45) is 0 Å². The van der Waals surface area contributed by atoms with Gasteiger partial charge in [-0.25, -0.2) is 0 Å². The third-order valence-corrected chi connectivity index (χ3v) is 6.32. The molecule has 2 aliphatic rings. The molecule has 4 nitrogen and oxygen atoms in total. The number of amides is 2. The molecule has 0 radical (unpaired) electrons. The number of aryl methyl sites for hydroxylation is 1. The van der Waals surface area contributed by atoms with Gasteiger partial charge >= 0.3 is 0 Å². The molecule has 2 fully saturated rings. The maximum absolute atomic E-state index is 13.1. The quantitative estimate of drug-likeness (QED) is 0.789. The third-order valence-electron chi connectivity index (χ3n) is 4.82. The van der Waals surface area contributed by atoms with Crippen LogP contribution in [0.1, 0.15) is 30.9 Å². The Morgan fingerprint density at radius 2 is 2.17 bits per heavy atom. The van der Waals surface area contributed by atoms with Crippen LogP contribution >= 0.6 is 11.8 Å². The third kappa shape index (κ3) is 3.03. The molecule has 2 heterocycles. The number of rotatable bonds is 4. The Balaban J connectivity index is 1.78. The number of terminal acetylenes is 1. The molecule has 0 spiro atoms. The number of thioether (sulfide) groups is 1. The Labute approximate surface area is 147 Å². The first kappa shape index (κ1) is 16.9. The molecule has 2 saturated heterocycles. The normalized spacial score (nSPS) is 25.5. The molecule has 24 heavy (non-hydrogen) atoms. The highest BCUT2D eigenvalue weighted by molar-refractivity contribution is 8.01. The van der Waals surface area contributed by atoms with Crippen LogP contribution in [0.15, 0.2) is 24.3 Å². The van der Waals surface area contributed by atoms with E-state index in [0.717, 1.165) is 12.0 Å². The average Bonchev–Trinajstić information content (AvgIpc) is 3.05. The van der Waals surface area contributed by atoms with Crippen molar-refractivity contribution in [3.8, 4) is 12.3 Å². The minimum atomic E-state index is -0.395. The van der Waals surface area contributed by atoms with E-state index in [1.165, 1.54) is 5.56 Å². The summed E-state index contributed by atoms with van der Waals surface area (Å²) in [5.74, 6) is 3.27. The van der Waals surface area contributed by atoms with Crippen LogP contribution in [-0.4, -0.2) is 44.8 Å². The van der Waals surface area contributed by atoms with E-state index in [1.807, 2.05) is 31.2 Å². The number of carbonyl (C=O) groups is 2. The molecule has 1 aromatic rings. The monoisotopic (exact) mass is 342 g/mol. The van der Waals surface area contributed by atoms with Crippen molar-refractivity contribution in [1.29, 1.82) is 0 Å². The number of hydrogen-bond donors (Lipinski definition) is 0. The fourth-order valence-electron chi connectivity index (χ4n) is 3.45. The molecule has 126 valence electrons. The summed E-state index contributed by atoms with van der Waals surface area (Å²) in [6.45, 7) is 4.82. The van der Waals surface area contributed by atoms with Gasteiger partial charge in [0.05, 0.1) is 11.4 Å². The first-order chi connectivity index (χ1) is 11.4. The Morgan fingerprint density at radius 1 is 1.46 bits per heavy atom. The van der Waals surface area contributed by atoms with Gasteiger partial charge in [-0.05, 0) is 25.8 Å². The molecule has 0 aliphatic carbocycles. The van der Waals surface area contributed by atoms with E-state index in [-0.39, 0.29) is 23.2 Å². The zero-order chi connectivity index (χ0) is 17.3. The van der Waals surface area contributed by atoms with Crippen molar-refractivity contribution >= 4 is 23.6 Å². The second kappa shape index (κ2) is 6.52. The lowest BCUT2D eigenvalue weighted by atomic mass is 10.1. The standard InChI is InChI=1S/C19H22N2O2S/c1-4-11-20(12-15-7-5-14(2)6-8-15)18(23)16-13-24-19(3)10-9-17(22)21(16)19/h1,5-8,16H,9-13H2,2-3H3/t16-,19+/m1/s1. The summed E-state index contributed by atoms with van der Waals surface area (Å²) in [5.41, 5.74) is 2.23. The van der Waals surface area contributed by atoms with Gasteiger partial charge in [0.15, 0.2) is 0 Å². The molecule has 3 rings (SSSR count). The summed E-state index contributed by atoms with van der Waals surface area (Å²) < 4.78 is 0. The van der Waals surface area contributed by atoms with Crippen molar-refractivity contribution in [1.82, 2.24) is 9.80 Å². The van der Waals surface area contributed by atoms with Crippen LogP contribution in [0.5, 0.6) is 0 Å². The fraction of sp³-hybridized carbons (Fsp3) is 0.474.